The van der Waals surface area contributed by atoms with Crippen molar-refractivity contribution in [1.29, 1.82) is 0 Å². The van der Waals surface area contributed by atoms with E-state index in [0.29, 0.717) is 12.3 Å². The molecule has 0 aliphatic heterocycles. The molecule has 1 N–H and O–H groups in total. The molecule has 0 aliphatic carbocycles. The average Bonchev–Trinajstić information content (AvgIpc) is 1.82. The second-order valence-electron chi connectivity index (χ2n) is 2.54. The van der Waals surface area contributed by atoms with Crippen molar-refractivity contribution in [3.05, 3.63) is 0 Å². The molecule has 0 amide bonds. The molecule has 0 fully saturated rings. The van der Waals surface area contributed by atoms with E-state index in [-0.39, 0.29) is 43.1 Å². The van der Waals surface area contributed by atoms with Crippen LogP contribution in [-0.4, -0.2) is 48.2 Å². The van der Waals surface area contributed by atoms with E-state index in [0.717, 1.165) is 0 Å². The third kappa shape index (κ3) is 10.2. The van der Waals surface area contributed by atoms with Crippen LogP contribution in [-0.2, 0) is 9.53 Å². The van der Waals surface area contributed by atoms with E-state index in [1.807, 2.05) is 13.8 Å². The first-order chi connectivity index (χ1) is 4.66. The molecular weight excluding hydrogens is 251 g/mol. The van der Waals surface area contributed by atoms with Crippen molar-refractivity contribution in [2.45, 2.75) is 20.3 Å². The van der Waals surface area contributed by atoms with Crippen molar-refractivity contribution in [1.82, 2.24) is 0 Å². The van der Waals surface area contributed by atoms with Crippen LogP contribution in [0.2, 0.25) is 0 Å². The van der Waals surface area contributed by atoms with Gasteiger partial charge in [0, 0.05) is 6.42 Å². The van der Waals surface area contributed by atoms with Crippen LogP contribution in [0.3, 0.4) is 0 Å². The zero-order valence-corrected chi connectivity index (χ0v) is 11.2. The van der Waals surface area contributed by atoms with E-state index in [9.17, 15) is 4.79 Å². The Morgan fingerprint density at radius 1 is 1.55 bits per heavy atom. The summed E-state index contributed by atoms with van der Waals surface area (Å²) in [5.41, 5.74) is 0. The van der Waals surface area contributed by atoms with E-state index in [1.54, 1.807) is 0 Å². The van der Waals surface area contributed by atoms with Crippen molar-refractivity contribution in [2.24, 2.45) is 5.92 Å². The molecule has 0 saturated carbocycles. The van der Waals surface area contributed by atoms with E-state index in [2.05, 4.69) is 4.74 Å². The summed E-state index contributed by atoms with van der Waals surface area (Å²) in [4.78, 5) is 10.7. The van der Waals surface area contributed by atoms with Crippen molar-refractivity contribution in [2.75, 3.05) is 13.2 Å². The monoisotopic (exact) mass is 268 g/mol. The number of aliphatic hydroxyl groups excluding tert-OH is 1. The standard InChI is InChI=1S/C7H14O3.Sn.2H/c1-6(2)5-7(9)10-4-3-8;;;/h6,8H,3-5H2,1-2H3;;;. The summed E-state index contributed by atoms with van der Waals surface area (Å²) in [6.07, 6.45) is 0.431. The molecule has 0 aliphatic rings. The van der Waals surface area contributed by atoms with Crippen molar-refractivity contribution in [3.63, 3.8) is 0 Å². The van der Waals surface area contributed by atoms with Crippen LogP contribution >= 0.6 is 0 Å². The molecule has 0 aromatic rings. The number of carbonyl (C=O) groups excluding carboxylic acids is 1. The first kappa shape index (κ1) is 13.8. The molecular formula is C7H16O3Sn. The maximum absolute atomic E-state index is 10.7. The molecule has 0 spiro atoms. The van der Waals surface area contributed by atoms with Gasteiger partial charge in [-0.1, -0.05) is 13.8 Å². The molecule has 11 heavy (non-hydrogen) atoms. The SMILES string of the molecule is CC(C)CC(=O)OCCO.[SnH2]. The van der Waals surface area contributed by atoms with Gasteiger partial charge in [0.1, 0.15) is 6.61 Å². The number of hydrogen-bond donors (Lipinski definition) is 1. The predicted octanol–water partition coefficient (Wildman–Crippen LogP) is -0.348. The van der Waals surface area contributed by atoms with Crippen molar-refractivity contribution in [3.8, 4) is 0 Å². The summed E-state index contributed by atoms with van der Waals surface area (Å²) in [5, 5.41) is 8.27. The summed E-state index contributed by atoms with van der Waals surface area (Å²) in [5.74, 6) is 0.0928. The van der Waals surface area contributed by atoms with Gasteiger partial charge >= 0.3 is 29.9 Å². The fourth-order valence-corrected chi connectivity index (χ4v) is 0.552. The van der Waals surface area contributed by atoms with Gasteiger partial charge in [-0.15, -0.1) is 0 Å². The Morgan fingerprint density at radius 3 is 2.45 bits per heavy atom. The zero-order chi connectivity index (χ0) is 7.98. The number of aliphatic hydroxyl groups is 1. The van der Waals surface area contributed by atoms with Gasteiger partial charge < -0.3 is 9.84 Å². The molecule has 0 aromatic carbocycles. The molecule has 0 atom stereocenters. The van der Waals surface area contributed by atoms with E-state index in [1.165, 1.54) is 0 Å². The van der Waals surface area contributed by atoms with Gasteiger partial charge in [0.2, 0.25) is 0 Å². The summed E-state index contributed by atoms with van der Waals surface area (Å²) in [7, 11) is 0. The minimum atomic E-state index is -0.232. The topological polar surface area (TPSA) is 46.5 Å². The van der Waals surface area contributed by atoms with Gasteiger partial charge in [0.05, 0.1) is 6.61 Å². The molecule has 4 heteroatoms. The second kappa shape index (κ2) is 8.33. The maximum atomic E-state index is 10.7. The molecule has 0 rings (SSSR count). The van der Waals surface area contributed by atoms with E-state index >= 15 is 0 Å². The molecule has 0 unspecified atom stereocenters. The number of rotatable bonds is 4. The van der Waals surface area contributed by atoms with Gasteiger partial charge in [-0.3, -0.25) is 4.79 Å². The van der Waals surface area contributed by atoms with Crippen LogP contribution in [0.4, 0.5) is 0 Å². The Bertz CT molecular complexity index is 104. The number of hydrogen-bond acceptors (Lipinski definition) is 3. The van der Waals surface area contributed by atoms with Gasteiger partial charge in [-0.2, -0.15) is 0 Å². The summed E-state index contributed by atoms with van der Waals surface area (Å²) in [6.45, 7) is 3.91. The van der Waals surface area contributed by atoms with Crippen molar-refractivity contribution >= 4 is 29.9 Å². The quantitative estimate of drug-likeness (QED) is 0.559. The minimum absolute atomic E-state index is 0. The first-order valence-electron chi connectivity index (χ1n) is 3.43. The van der Waals surface area contributed by atoms with Gasteiger partial charge in [0.25, 0.3) is 0 Å². The van der Waals surface area contributed by atoms with Crippen LogP contribution in [0.1, 0.15) is 20.3 Å². The van der Waals surface area contributed by atoms with E-state index in [4.69, 9.17) is 5.11 Å². The molecule has 0 bridgehead atoms. The van der Waals surface area contributed by atoms with Crippen LogP contribution in [0.15, 0.2) is 0 Å². The van der Waals surface area contributed by atoms with Gasteiger partial charge in [0.15, 0.2) is 0 Å². The predicted molar refractivity (Wildman–Crippen MR) is 46.0 cm³/mol. The number of ether oxygens (including phenoxy) is 1. The van der Waals surface area contributed by atoms with Gasteiger partial charge in [-0.25, -0.2) is 0 Å². The summed E-state index contributed by atoms with van der Waals surface area (Å²) >= 11 is 0. The van der Waals surface area contributed by atoms with Crippen LogP contribution in [0, 0.1) is 5.92 Å². The first-order valence-corrected chi connectivity index (χ1v) is 3.43. The van der Waals surface area contributed by atoms with Crippen LogP contribution in [0.25, 0.3) is 0 Å². The molecule has 0 saturated heterocycles. The van der Waals surface area contributed by atoms with Gasteiger partial charge in [-0.05, 0) is 5.92 Å². The summed E-state index contributed by atoms with van der Waals surface area (Å²) < 4.78 is 4.61. The molecule has 3 nitrogen and oxygen atoms in total. The Labute approximate surface area is 84.1 Å². The number of carbonyl (C=O) groups is 1. The molecule has 2 radical (unpaired) electrons. The Balaban J connectivity index is 0. The third-order valence-corrected chi connectivity index (χ3v) is 0.929. The van der Waals surface area contributed by atoms with Crippen LogP contribution in [0.5, 0.6) is 0 Å². The normalized spacial score (nSPS) is 9.09. The molecule has 0 heterocycles. The number of esters is 1. The molecule has 0 aromatic heterocycles. The second-order valence-corrected chi connectivity index (χ2v) is 2.54. The summed E-state index contributed by atoms with van der Waals surface area (Å²) in [6, 6.07) is 0. The molecule has 66 valence electrons. The Morgan fingerprint density at radius 2 is 2.09 bits per heavy atom. The fourth-order valence-electron chi connectivity index (χ4n) is 0.552. The Kier molecular flexibility index (Phi) is 10.4. The zero-order valence-electron chi connectivity index (χ0n) is 7.17. The van der Waals surface area contributed by atoms with Crippen LogP contribution < -0.4 is 0 Å². The Hall–Kier alpha value is 0.229. The third-order valence-electron chi connectivity index (χ3n) is 0.929. The average molecular weight is 267 g/mol. The fraction of sp³-hybridized carbons (Fsp3) is 0.857. The van der Waals surface area contributed by atoms with E-state index < -0.39 is 0 Å². The van der Waals surface area contributed by atoms with Crippen molar-refractivity contribution < 1.29 is 14.6 Å².